The fraction of sp³-hybridized carbons (Fsp3) is 0.333. The predicted molar refractivity (Wildman–Crippen MR) is 105 cm³/mol. The Labute approximate surface area is 172 Å². The van der Waals surface area contributed by atoms with Gasteiger partial charge in [-0.05, 0) is 37.9 Å². The molecule has 2 aromatic heterocycles. The molecule has 9 heteroatoms. The highest BCUT2D eigenvalue weighted by molar-refractivity contribution is 5.91. The van der Waals surface area contributed by atoms with Gasteiger partial charge in [0.05, 0.1) is 18.4 Å². The summed E-state index contributed by atoms with van der Waals surface area (Å²) in [6.07, 6.45) is 0.119. The summed E-state index contributed by atoms with van der Waals surface area (Å²) in [5.74, 6) is 0.395. The molecule has 3 rings (SSSR count). The van der Waals surface area contributed by atoms with E-state index >= 15 is 0 Å². The standard InChI is InChI=1S/C21H23F3N4O2/c1-26(2)11-12-28(20(29)18-8-5-13-30-18)15-19-25-9-10-27(19)14-16-6-3-4-7-17(16)21(22,23)24/h3-10,13H,11-12,14-15H2,1-2H3. The number of carbonyl (C=O) groups excluding carboxylic acids is 1. The fourth-order valence-electron chi connectivity index (χ4n) is 3.05. The van der Waals surface area contributed by atoms with Crippen molar-refractivity contribution in [1.82, 2.24) is 19.4 Å². The van der Waals surface area contributed by atoms with Crippen molar-refractivity contribution in [3.8, 4) is 0 Å². The number of halogens is 3. The first-order valence-electron chi connectivity index (χ1n) is 9.38. The molecule has 0 saturated heterocycles. The average molecular weight is 420 g/mol. The summed E-state index contributed by atoms with van der Waals surface area (Å²) in [6.45, 7) is 1.18. The van der Waals surface area contributed by atoms with Crippen LogP contribution in [0.15, 0.2) is 59.5 Å². The Kier molecular flexibility index (Phi) is 6.61. The van der Waals surface area contributed by atoms with E-state index in [2.05, 4.69) is 4.98 Å². The molecule has 1 aromatic carbocycles. The zero-order valence-electron chi connectivity index (χ0n) is 16.8. The molecule has 0 fully saturated rings. The van der Waals surface area contributed by atoms with E-state index in [1.54, 1.807) is 33.9 Å². The van der Waals surface area contributed by atoms with Crippen LogP contribution in [0.25, 0.3) is 0 Å². The van der Waals surface area contributed by atoms with Crippen LogP contribution in [0.4, 0.5) is 13.2 Å². The van der Waals surface area contributed by atoms with E-state index in [9.17, 15) is 18.0 Å². The van der Waals surface area contributed by atoms with Gasteiger partial charge in [-0.3, -0.25) is 4.79 Å². The topological polar surface area (TPSA) is 54.5 Å². The van der Waals surface area contributed by atoms with Gasteiger partial charge in [0.15, 0.2) is 5.76 Å². The summed E-state index contributed by atoms with van der Waals surface area (Å²) in [4.78, 5) is 20.6. The minimum absolute atomic E-state index is 0.00147. The van der Waals surface area contributed by atoms with Crippen molar-refractivity contribution in [2.45, 2.75) is 19.3 Å². The number of hydrogen-bond donors (Lipinski definition) is 0. The molecule has 2 heterocycles. The van der Waals surface area contributed by atoms with Gasteiger partial charge in [0.25, 0.3) is 5.91 Å². The maximum Gasteiger partial charge on any atom is 0.416 e. The van der Waals surface area contributed by atoms with E-state index < -0.39 is 11.7 Å². The Bertz CT molecular complexity index is 965. The van der Waals surface area contributed by atoms with E-state index in [0.29, 0.717) is 18.9 Å². The lowest BCUT2D eigenvalue weighted by Crippen LogP contribution is -2.37. The van der Waals surface area contributed by atoms with Gasteiger partial charge < -0.3 is 18.8 Å². The van der Waals surface area contributed by atoms with Crippen LogP contribution in [0.1, 0.15) is 27.5 Å². The Hall–Kier alpha value is -3.07. The molecule has 160 valence electrons. The zero-order chi connectivity index (χ0) is 21.7. The lowest BCUT2D eigenvalue weighted by molar-refractivity contribution is -0.138. The van der Waals surface area contributed by atoms with Crippen LogP contribution in [-0.2, 0) is 19.3 Å². The molecule has 0 unspecified atom stereocenters. The number of furan rings is 1. The summed E-state index contributed by atoms with van der Waals surface area (Å²) in [7, 11) is 3.79. The minimum atomic E-state index is -4.44. The first-order valence-corrected chi connectivity index (χ1v) is 9.38. The molecule has 0 spiro atoms. The van der Waals surface area contributed by atoms with Crippen molar-refractivity contribution in [1.29, 1.82) is 0 Å². The van der Waals surface area contributed by atoms with Gasteiger partial charge in [0.1, 0.15) is 5.82 Å². The van der Waals surface area contributed by atoms with Gasteiger partial charge in [-0.25, -0.2) is 4.98 Å². The van der Waals surface area contributed by atoms with Crippen molar-refractivity contribution in [3.63, 3.8) is 0 Å². The number of benzene rings is 1. The molecule has 3 aromatic rings. The van der Waals surface area contributed by atoms with E-state index in [-0.39, 0.29) is 30.3 Å². The zero-order valence-corrected chi connectivity index (χ0v) is 16.8. The van der Waals surface area contributed by atoms with Crippen LogP contribution in [0.3, 0.4) is 0 Å². The number of aromatic nitrogens is 2. The van der Waals surface area contributed by atoms with Crippen LogP contribution in [0.5, 0.6) is 0 Å². The molecule has 0 aliphatic rings. The molecule has 30 heavy (non-hydrogen) atoms. The summed E-state index contributed by atoms with van der Waals surface area (Å²) in [6, 6.07) is 8.67. The van der Waals surface area contributed by atoms with Crippen molar-refractivity contribution in [2.24, 2.45) is 0 Å². The second kappa shape index (κ2) is 9.17. The van der Waals surface area contributed by atoms with Crippen LogP contribution in [0, 0.1) is 0 Å². The van der Waals surface area contributed by atoms with Crippen LogP contribution in [-0.4, -0.2) is 52.4 Å². The normalized spacial score (nSPS) is 11.8. The summed E-state index contributed by atoms with van der Waals surface area (Å²) < 4.78 is 46.9. The first kappa shape index (κ1) is 21.6. The molecular weight excluding hydrogens is 397 g/mol. The average Bonchev–Trinajstić information content (AvgIpc) is 3.36. The molecule has 0 atom stereocenters. The molecule has 0 saturated carbocycles. The Balaban J connectivity index is 1.83. The van der Waals surface area contributed by atoms with E-state index in [0.717, 1.165) is 6.07 Å². The van der Waals surface area contributed by atoms with Crippen LogP contribution in [0.2, 0.25) is 0 Å². The van der Waals surface area contributed by atoms with E-state index in [1.807, 2.05) is 19.0 Å². The quantitative estimate of drug-likeness (QED) is 0.557. The number of hydrogen-bond acceptors (Lipinski definition) is 4. The van der Waals surface area contributed by atoms with E-state index in [1.165, 1.54) is 24.6 Å². The molecule has 0 radical (unpaired) electrons. The molecular formula is C21H23F3N4O2. The minimum Gasteiger partial charge on any atom is -0.459 e. The Morgan fingerprint density at radius 3 is 2.57 bits per heavy atom. The van der Waals surface area contributed by atoms with Gasteiger partial charge in [-0.1, -0.05) is 18.2 Å². The third-order valence-corrected chi connectivity index (χ3v) is 4.63. The highest BCUT2D eigenvalue weighted by Crippen LogP contribution is 2.32. The van der Waals surface area contributed by atoms with Crippen molar-refractivity contribution < 1.29 is 22.4 Å². The number of amides is 1. The van der Waals surface area contributed by atoms with Gasteiger partial charge >= 0.3 is 6.18 Å². The first-order chi connectivity index (χ1) is 14.3. The highest BCUT2D eigenvalue weighted by atomic mass is 19.4. The summed E-state index contributed by atoms with van der Waals surface area (Å²) in [5, 5.41) is 0. The molecule has 1 amide bonds. The van der Waals surface area contributed by atoms with Crippen molar-refractivity contribution >= 4 is 5.91 Å². The molecule has 0 aliphatic heterocycles. The number of carbonyl (C=O) groups is 1. The molecule has 6 nitrogen and oxygen atoms in total. The monoisotopic (exact) mass is 420 g/mol. The maximum absolute atomic E-state index is 13.3. The van der Waals surface area contributed by atoms with Crippen LogP contribution >= 0.6 is 0 Å². The van der Waals surface area contributed by atoms with Crippen molar-refractivity contribution in [3.05, 3.63) is 77.8 Å². The molecule has 0 N–H and O–H groups in total. The Morgan fingerprint density at radius 2 is 1.90 bits per heavy atom. The lowest BCUT2D eigenvalue weighted by Gasteiger charge is -2.24. The van der Waals surface area contributed by atoms with Gasteiger partial charge in [0.2, 0.25) is 0 Å². The van der Waals surface area contributed by atoms with E-state index in [4.69, 9.17) is 4.42 Å². The summed E-state index contributed by atoms with van der Waals surface area (Å²) >= 11 is 0. The predicted octanol–water partition coefficient (Wildman–Crippen LogP) is 3.75. The Morgan fingerprint density at radius 1 is 1.13 bits per heavy atom. The SMILES string of the molecule is CN(C)CCN(Cc1nccn1Cc1ccccc1C(F)(F)F)C(=O)c1ccco1. The number of alkyl halides is 3. The number of rotatable bonds is 8. The van der Waals surface area contributed by atoms with Gasteiger partial charge in [0, 0.05) is 32.0 Å². The highest BCUT2D eigenvalue weighted by Gasteiger charge is 2.33. The number of likely N-dealkylation sites (N-methyl/N-ethyl adjacent to an activating group) is 1. The van der Waals surface area contributed by atoms with Crippen LogP contribution < -0.4 is 0 Å². The third-order valence-electron chi connectivity index (χ3n) is 4.63. The largest absolute Gasteiger partial charge is 0.459 e. The molecule has 0 bridgehead atoms. The van der Waals surface area contributed by atoms with Crippen molar-refractivity contribution in [2.75, 3.05) is 27.2 Å². The lowest BCUT2D eigenvalue weighted by atomic mass is 10.1. The smallest absolute Gasteiger partial charge is 0.416 e. The fourth-order valence-corrected chi connectivity index (χ4v) is 3.05. The second-order valence-corrected chi connectivity index (χ2v) is 7.13. The number of nitrogens with zero attached hydrogens (tertiary/aromatic N) is 4. The maximum atomic E-state index is 13.3. The van der Waals surface area contributed by atoms with Gasteiger partial charge in [-0.15, -0.1) is 0 Å². The second-order valence-electron chi connectivity index (χ2n) is 7.13. The number of imidazole rings is 1. The van der Waals surface area contributed by atoms with Gasteiger partial charge in [-0.2, -0.15) is 13.2 Å². The third kappa shape index (κ3) is 5.29. The molecule has 0 aliphatic carbocycles. The summed E-state index contributed by atoms with van der Waals surface area (Å²) in [5.41, 5.74) is -0.540.